The molecule has 0 saturated carbocycles. The summed E-state index contributed by atoms with van der Waals surface area (Å²) in [6.07, 6.45) is 0.878. The van der Waals surface area contributed by atoms with Crippen LogP contribution in [0.5, 0.6) is 11.5 Å². The van der Waals surface area contributed by atoms with Gasteiger partial charge in [-0.05, 0) is 30.2 Å². The van der Waals surface area contributed by atoms with Gasteiger partial charge in [0.25, 0.3) is 0 Å². The standard InChI is InChI=1S/C23H28N4O4/c1-2-17-5-3-4-6-19(17)25-23(29)15-27-11-9-26(10-12-27)14-22(28)24-18-7-8-20-21(13-18)31-16-30-20/h3-8,13H,2,9-12,14-16H2,1H3,(H,24,28)(H,25,29). The number of nitrogens with one attached hydrogen (secondary N) is 2. The molecule has 0 spiro atoms. The third-order valence-electron chi connectivity index (χ3n) is 5.53. The van der Waals surface area contributed by atoms with E-state index in [4.69, 9.17) is 9.47 Å². The third-order valence-corrected chi connectivity index (χ3v) is 5.53. The van der Waals surface area contributed by atoms with Gasteiger partial charge in [-0.2, -0.15) is 0 Å². The zero-order valence-electron chi connectivity index (χ0n) is 17.7. The normalized spacial score (nSPS) is 16.2. The largest absolute Gasteiger partial charge is 0.454 e. The highest BCUT2D eigenvalue weighted by Gasteiger charge is 2.21. The van der Waals surface area contributed by atoms with Gasteiger partial charge >= 0.3 is 0 Å². The van der Waals surface area contributed by atoms with Crippen molar-refractivity contribution >= 4 is 23.2 Å². The Morgan fingerprint density at radius 3 is 2.23 bits per heavy atom. The van der Waals surface area contributed by atoms with E-state index in [1.165, 1.54) is 0 Å². The summed E-state index contributed by atoms with van der Waals surface area (Å²) in [4.78, 5) is 29.1. The van der Waals surface area contributed by atoms with Gasteiger partial charge in [0.05, 0.1) is 13.1 Å². The predicted molar refractivity (Wildman–Crippen MR) is 119 cm³/mol. The van der Waals surface area contributed by atoms with Gasteiger partial charge in [-0.1, -0.05) is 25.1 Å². The number of carbonyl (C=O) groups is 2. The fraction of sp³-hybridized carbons (Fsp3) is 0.391. The fourth-order valence-electron chi connectivity index (χ4n) is 3.83. The minimum atomic E-state index is -0.0683. The number of nitrogens with zero attached hydrogens (tertiary/aromatic N) is 2. The van der Waals surface area contributed by atoms with Crippen molar-refractivity contribution in [1.29, 1.82) is 0 Å². The number of fused-ring (bicyclic) bond motifs is 1. The van der Waals surface area contributed by atoms with E-state index >= 15 is 0 Å². The Morgan fingerprint density at radius 1 is 0.871 bits per heavy atom. The van der Waals surface area contributed by atoms with E-state index in [1.807, 2.05) is 24.3 Å². The first-order valence-corrected chi connectivity index (χ1v) is 10.6. The van der Waals surface area contributed by atoms with Gasteiger partial charge in [0, 0.05) is 43.6 Å². The molecule has 0 atom stereocenters. The van der Waals surface area contributed by atoms with Gasteiger partial charge in [0.15, 0.2) is 11.5 Å². The molecule has 1 fully saturated rings. The molecule has 0 radical (unpaired) electrons. The van der Waals surface area contributed by atoms with E-state index in [2.05, 4.69) is 27.4 Å². The van der Waals surface area contributed by atoms with E-state index in [1.54, 1.807) is 18.2 Å². The van der Waals surface area contributed by atoms with Crippen LogP contribution in [-0.4, -0.2) is 67.7 Å². The molecule has 164 valence electrons. The second-order valence-corrected chi connectivity index (χ2v) is 7.73. The number of carbonyl (C=O) groups excluding carboxylic acids is 2. The number of ether oxygens (including phenoxy) is 2. The molecule has 31 heavy (non-hydrogen) atoms. The summed E-state index contributed by atoms with van der Waals surface area (Å²) in [5, 5.41) is 5.93. The van der Waals surface area contributed by atoms with Crippen molar-refractivity contribution in [2.45, 2.75) is 13.3 Å². The van der Waals surface area contributed by atoms with Gasteiger partial charge < -0.3 is 20.1 Å². The molecule has 2 aliphatic heterocycles. The molecule has 2 heterocycles. The zero-order chi connectivity index (χ0) is 21.6. The van der Waals surface area contributed by atoms with Crippen LogP contribution < -0.4 is 20.1 Å². The lowest BCUT2D eigenvalue weighted by Gasteiger charge is -2.33. The van der Waals surface area contributed by atoms with Crippen molar-refractivity contribution in [3.05, 3.63) is 48.0 Å². The molecule has 0 bridgehead atoms. The number of para-hydroxylation sites is 1. The number of hydrogen-bond acceptors (Lipinski definition) is 6. The summed E-state index contributed by atoms with van der Waals surface area (Å²) in [7, 11) is 0. The second kappa shape index (κ2) is 9.80. The first kappa shape index (κ1) is 21.1. The summed E-state index contributed by atoms with van der Waals surface area (Å²) >= 11 is 0. The van der Waals surface area contributed by atoms with E-state index in [0.29, 0.717) is 30.3 Å². The lowest BCUT2D eigenvalue weighted by Crippen LogP contribution is -2.50. The van der Waals surface area contributed by atoms with Crippen LogP contribution in [0.25, 0.3) is 0 Å². The van der Waals surface area contributed by atoms with Crippen molar-refractivity contribution in [2.75, 3.05) is 56.7 Å². The number of hydrogen-bond donors (Lipinski definition) is 2. The number of benzene rings is 2. The molecule has 2 aromatic carbocycles. The fourth-order valence-corrected chi connectivity index (χ4v) is 3.83. The first-order valence-electron chi connectivity index (χ1n) is 10.6. The maximum absolute atomic E-state index is 12.4. The van der Waals surface area contributed by atoms with Crippen molar-refractivity contribution in [3.63, 3.8) is 0 Å². The van der Waals surface area contributed by atoms with Crippen molar-refractivity contribution in [3.8, 4) is 11.5 Å². The van der Waals surface area contributed by atoms with Gasteiger partial charge in [0.1, 0.15) is 0 Å². The van der Waals surface area contributed by atoms with Crippen LogP contribution in [-0.2, 0) is 16.0 Å². The molecule has 0 aliphatic carbocycles. The van der Waals surface area contributed by atoms with Gasteiger partial charge in [0.2, 0.25) is 18.6 Å². The molecule has 2 aliphatic rings. The lowest BCUT2D eigenvalue weighted by atomic mass is 10.1. The Labute approximate surface area is 182 Å². The minimum absolute atomic E-state index is 0.00472. The Bertz CT molecular complexity index is 941. The summed E-state index contributed by atoms with van der Waals surface area (Å²) in [5.74, 6) is 1.26. The quantitative estimate of drug-likeness (QED) is 0.709. The maximum Gasteiger partial charge on any atom is 0.238 e. The Balaban J connectivity index is 1.20. The van der Waals surface area contributed by atoms with Crippen LogP contribution in [0, 0.1) is 0 Å². The molecule has 0 unspecified atom stereocenters. The molecular weight excluding hydrogens is 396 g/mol. The smallest absolute Gasteiger partial charge is 0.238 e. The van der Waals surface area contributed by atoms with E-state index in [9.17, 15) is 9.59 Å². The van der Waals surface area contributed by atoms with Crippen LogP contribution in [0.4, 0.5) is 11.4 Å². The first-order chi connectivity index (χ1) is 15.1. The third kappa shape index (κ3) is 5.53. The van der Waals surface area contributed by atoms with Crippen LogP contribution in [0.1, 0.15) is 12.5 Å². The summed E-state index contributed by atoms with van der Waals surface area (Å²) in [5.41, 5.74) is 2.71. The molecule has 2 aromatic rings. The number of anilines is 2. The number of aryl methyl sites for hydroxylation is 1. The second-order valence-electron chi connectivity index (χ2n) is 7.73. The average molecular weight is 425 g/mol. The Hall–Kier alpha value is -3.10. The molecular formula is C23H28N4O4. The highest BCUT2D eigenvalue weighted by atomic mass is 16.7. The van der Waals surface area contributed by atoms with Gasteiger partial charge in [-0.25, -0.2) is 0 Å². The molecule has 0 aromatic heterocycles. The maximum atomic E-state index is 12.4. The molecule has 1 saturated heterocycles. The topological polar surface area (TPSA) is 83.1 Å². The summed E-state index contributed by atoms with van der Waals surface area (Å²) in [6, 6.07) is 13.3. The minimum Gasteiger partial charge on any atom is -0.454 e. The highest BCUT2D eigenvalue weighted by molar-refractivity contribution is 5.93. The molecule has 2 N–H and O–H groups in total. The average Bonchev–Trinajstić information content (AvgIpc) is 3.23. The van der Waals surface area contributed by atoms with Crippen LogP contribution in [0.3, 0.4) is 0 Å². The SMILES string of the molecule is CCc1ccccc1NC(=O)CN1CCN(CC(=O)Nc2ccc3c(c2)OCO3)CC1. The van der Waals surface area contributed by atoms with Crippen molar-refractivity contribution < 1.29 is 19.1 Å². The van der Waals surface area contributed by atoms with Crippen LogP contribution in [0.15, 0.2) is 42.5 Å². The van der Waals surface area contributed by atoms with E-state index in [0.717, 1.165) is 43.9 Å². The Morgan fingerprint density at radius 2 is 1.52 bits per heavy atom. The van der Waals surface area contributed by atoms with Crippen molar-refractivity contribution in [1.82, 2.24) is 9.80 Å². The molecule has 4 rings (SSSR count). The van der Waals surface area contributed by atoms with Crippen LogP contribution in [0.2, 0.25) is 0 Å². The van der Waals surface area contributed by atoms with Crippen LogP contribution >= 0.6 is 0 Å². The van der Waals surface area contributed by atoms with Gasteiger partial charge in [-0.15, -0.1) is 0 Å². The molecule has 2 amide bonds. The number of piperazine rings is 1. The summed E-state index contributed by atoms with van der Waals surface area (Å²) < 4.78 is 10.6. The zero-order valence-corrected chi connectivity index (χ0v) is 17.7. The Kier molecular flexibility index (Phi) is 6.69. The monoisotopic (exact) mass is 424 g/mol. The lowest BCUT2D eigenvalue weighted by molar-refractivity contribution is -0.120. The van der Waals surface area contributed by atoms with Gasteiger partial charge in [-0.3, -0.25) is 19.4 Å². The van der Waals surface area contributed by atoms with Crippen molar-refractivity contribution in [2.24, 2.45) is 0 Å². The molecule has 8 nitrogen and oxygen atoms in total. The molecule has 8 heteroatoms. The number of rotatable bonds is 7. The summed E-state index contributed by atoms with van der Waals surface area (Å²) in [6.45, 7) is 5.95. The number of amides is 2. The van der Waals surface area contributed by atoms with E-state index < -0.39 is 0 Å². The van der Waals surface area contributed by atoms with E-state index in [-0.39, 0.29) is 18.6 Å². The predicted octanol–water partition coefficient (Wildman–Crippen LogP) is 2.17. The highest BCUT2D eigenvalue weighted by Crippen LogP contribution is 2.34.